The highest BCUT2D eigenvalue weighted by molar-refractivity contribution is 5.87. The number of H-pyrrole nitrogens is 1. The molecule has 2 fully saturated rings. The molecule has 4 rings (SSSR count). The number of likely N-dealkylation sites (N-methyl/N-ethyl adjacent to an activating group) is 1. The van der Waals surface area contributed by atoms with Gasteiger partial charge in [-0.25, -0.2) is 14.8 Å². The molecule has 142 valence electrons. The number of likely N-dealkylation sites (tertiary alicyclic amines) is 1. The highest BCUT2D eigenvalue weighted by atomic mass is 16.2. The highest BCUT2D eigenvalue weighted by Crippen LogP contribution is 2.29. The van der Waals surface area contributed by atoms with Gasteiger partial charge in [-0.15, -0.1) is 0 Å². The van der Waals surface area contributed by atoms with E-state index in [0.29, 0.717) is 0 Å². The van der Waals surface area contributed by atoms with Crippen LogP contribution in [0.15, 0.2) is 18.6 Å². The Balaban J connectivity index is 1.46. The summed E-state index contributed by atoms with van der Waals surface area (Å²) in [6.07, 6.45) is 6.24. The van der Waals surface area contributed by atoms with Crippen molar-refractivity contribution in [3.05, 3.63) is 18.6 Å². The van der Waals surface area contributed by atoms with Crippen LogP contribution in [-0.4, -0.2) is 69.5 Å². The molecule has 27 heavy (non-hydrogen) atoms. The fourth-order valence-corrected chi connectivity index (χ4v) is 4.36. The van der Waals surface area contributed by atoms with Crippen LogP contribution in [0, 0.1) is 17.2 Å². The van der Waals surface area contributed by atoms with Crippen molar-refractivity contribution < 1.29 is 4.79 Å². The zero-order valence-corrected chi connectivity index (χ0v) is 15.8. The Morgan fingerprint density at radius 3 is 3.07 bits per heavy atom. The lowest BCUT2D eigenvalue weighted by atomic mass is 10.0. The van der Waals surface area contributed by atoms with Crippen LogP contribution in [0.2, 0.25) is 0 Å². The monoisotopic (exact) mass is 367 g/mol. The van der Waals surface area contributed by atoms with Crippen LogP contribution in [0.1, 0.15) is 26.2 Å². The molecule has 0 bridgehead atoms. The van der Waals surface area contributed by atoms with Crippen molar-refractivity contribution in [3.63, 3.8) is 0 Å². The van der Waals surface area contributed by atoms with Crippen LogP contribution < -0.4 is 4.90 Å². The minimum Gasteiger partial charge on any atom is -0.354 e. The zero-order chi connectivity index (χ0) is 19.0. The van der Waals surface area contributed by atoms with E-state index in [1.54, 1.807) is 6.33 Å². The Kier molecular flexibility index (Phi) is 4.60. The van der Waals surface area contributed by atoms with Gasteiger partial charge in [-0.05, 0) is 32.3 Å². The third-order valence-electron chi connectivity index (χ3n) is 5.97. The molecule has 8 heteroatoms. The second-order valence-electron chi connectivity index (χ2n) is 7.54. The first kappa shape index (κ1) is 17.6. The summed E-state index contributed by atoms with van der Waals surface area (Å²) in [4.78, 5) is 30.9. The van der Waals surface area contributed by atoms with Gasteiger partial charge in [-0.3, -0.25) is 0 Å². The number of carbonyl (C=O) groups excluding carboxylic acids is 1. The lowest BCUT2D eigenvalue weighted by Gasteiger charge is -2.33. The number of nitrogens with zero attached hydrogens (tertiary/aromatic N) is 6. The molecule has 1 N–H and O–H groups in total. The van der Waals surface area contributed by atoms with Crippen molar-refractivity contribution in [1.29, 1.82) is 5.26 Å². The van der Waals surface area contributed by atoms with Crippen molar-refractivity contribution >= 4 is 22.9 Å². The number of hydrogen-bond donors (Lipinski definition) is 1. The summed E-state index contributed by atoms with van der Waals surface area (Å²) in [6.45, 7) is 4.26. The maximum absolute atomic E-state index is 13.1. The molecular formula is C19H25N7O. The number of aromatic nitrogens is 3. The number of aromatic amines is 1. The standard InChI is InChI=1S/C19H25N7O/c1-13(10-20)16-4-3-8-26(16)19(27)24(2)14-6-9-25(11-14)18-15-5-7-21-17(15)22-12-23-18/h5,7,12-14,16H,3-4,6,8-9,11H2,1-2H3,(H,21,22,23). The van der Waals surface area contributed by atoms with Gasteiger partial charge in [0.15, 0.2) is 0 Å². The summed E-state index contributed by atoms with van der Waals surface area (Å²) in [7, 11) is 1.88. The van der Waals surface area contributed by atoms with Gasteiger partial charge in [0.25, 0.3) is 0 Å². The molecule has 0 radical (unpaired) electrons. The second kappa shape index (κ2) is 7.06. The van der Waals surface area contributed by atoms with E-state index >= 15 is 0 Å². The number of amides is 2. The normalized spacial score (nSPS) is 23.6. The number of hydrogen-bond acceptors (Lipinski definition) is 5. The molecule has 2 aromatic heterocycles. The molecule has 2 aliphatic heterocycles. The fraction of sp³-hybridized carbons (Fsp3) is 0.579. The van der Waals surface area contributed by atoms with Crippen LogP contribution in [0.4, 0.5) is 10.6 Å². The van der Waals surface area contributed by atoms with Gasteiger partial charge < -0.3 is 19.7 Å². The van der Waals surface area contributed by atoms with E-state index in [1.807, 2.05) is 36.0 Å². The van der Waals surface area contributed by atoms with E-state index in [2.05, 4.69) is 25.9 Å². The first-order chi connectivity index (χ1) is 13.1. The van der Waals surface area contributed by atoms with Crippen molar-refractivity contribution in [2.24, 2.45) is 5.92 Å². The number of anilines is 1. The quantitative estimate of drug-likeness (QED) is 0.898. The Bertz CT molecular complexity index is 872. The molecule has 2 saturated heterocycles. The minimum atomic E-state index is -0.132. The van der Waals surface area contributed by atoms with E-state index in [1.165, 1.54) is 0 Å². The van der Waals surface area contributed by atoms with Gasteiger partial charge >= 0.3 is 6.03 Å². The van der Waals surface area contributed by atoms with Gasteiger partial charge in [0.05, 0.1) is 23.4 Å². The van der Waals surface area contributed by atoms with E-state index in [9.17, 15) is 10.1 Å². The number of nitriles is 1. The second-order valence-corrected chi connectivity index (χ2v) is 7.54. The molecule has 3 atom stereocenters. The number of urea groups is 1. The third-order valence-corrected chi connectivity index (χ3v) is 5.97. The minimum absolute atomic E-state index is 0.0313. The van der Waals surface area contributed by atoms with Crippen LogP contribution in [0.25, 0.3) is 11.0 Å². The molecule has 8 nitrogen and oxygen atoms in total. The van der Waals surface area contributed by atoms with Crippen LogP contribution in [-0.2, 0) is 0 Å². The molecule has 0 aliphatic carbocycles. The number of fused-ring (bicyclic) bond motifs is 1. The van der Waals surface area contributed by atoms with Crippen molar-refractivity contribution in [3.8, 4) is 6.07 Å². The average Bonchev–Trinajstić information content (AvgIpc) is 3.45. The van der Waals surface area contributed by atoms with E-state index in [4.69, 9.17) is 0 Å². The van der Waals surface area contributed by atoms with Gasteiger partial charge in [-0.1, -0.05) is 0 Å². The average molecular weight is 367 g/mol. The predicted molar refractivity (Wildman–Crippen MR) is 102 cm³/mol. The number of carbonyl (C=O) groups is 1. The van der Waals surface area contributed by atoms with E-state index < -0.39 is 0 Å². The van der Waals surface area contributed by atoms with Gasteiger partial charge in [0, 0.05) is 38.9 Å². The summed E-state index contributed by atoms with van der Waals surface area (Å²) in [5, 5.41) is 10.3. The zero-order valence-electron chi connectivity index (χ0n) is 15.8. The Morgan fingerprint density at radius 1 is 1.41 bits per heavy atom. The van der Waals surface area contributed by atoms with Gasteiger partial charge in [0.1, 0.15) is 17.8 Å². The Labute approximate surface area is 158 Å². The van der Waals surface area contributed by atoms with Crippen LogP contribution in [0.3, 0.4) is 0 Å². The van der Waals surface area contributed by atoms with Crippen LogP contribution >= 0.6 is 0 Å². The molecule has 0 spiro atoms. The first-order valence-electron chi connectivity index (χ1n) is 9.56. The largest absolute Gasteiger partial charge is 0.354 e. The van der Waals surface area contributed by atoms with Crippen LogP contribution in [0.5, 0.6) is 0 Å². The smallest absolute Gasteiger partial charge is 0.320 e. The molecule has 4 heterocycles. The first-order valence-corrected chi connectivity index (χ1v) is 9.56. The topological polar surface area (TPSA) is 92.2 Å². The van der Waals surface area contributed by atoms with E-state index in [0.717, 1.165) is 55.7 Å². The fourth-order valence-electron chi connectivity index (χ4n) is 4.36. The molecule has 2 aliphatic rings. The number of nitrogens with one attached hydrogen (secondary N) is 1. The van der Waals surface area contributed by atoms with Crippen molar-refractivity contribution in [2.45, 2.75) is 38.3 Å². The number of rotatable bonds is 3. The summed E-state index contributed by atoms with van der Waals surface area (Å²) >= 11 is 0. The lowest BCUT2D eigenvalue weighted by molar-refractivity contribution is 0.138. The van der Waals surface area contributed by atoms with Crippen molar-refractivity contribution in [2.75, 3.05) is 31.6 Å². The summed E-state index contributed by atoms with van der Waals surface area (Å²) in [6, 6.07) is 4.51. The Hall–Kier alpha value is -2.82. The summed E-state index contributed by atoms with van der Waals surface area (Å²) in [5.74, 6) is 0.787. The van der Waals surface area contributed by atoms with Crippen molar-refractivity contribution in [1.82, 2.24) is 24.8 Å². The molecule has 0 aromatic carbocycles. The van der Waals surface area contributed by atoms with Gasteiger partial charge in [0.2, 0.25) is 0 Å². The maximum atomic E-state index is 13.1. The molecule has 0 saturated carbocycles. The van der Waals surface area contributed by atoms with E-state index in [-0.39, 0.29) is 24.0 Å². The molecular weight excluding hydrogens is 342 g/mol. The predicted octanol–water partition coefficient (Wildman–Crippen LogP) is 2.21. The summed E-state index contributed by atoms with van der Waals surface area (Å²) in [5.41, 5.74) is 0.832. The molecule has 3 unspecified atom stereocenters. The van der Waals surface area contributed by atoms with Gasteiger partial charge in [-0.2, -0.15) is 5.26 Å². The Morgan fingerprint density at radius 2 is 2.26 bits per heavy atom. The SMILES string of the molecule is CC(C#N)C1CCCN1C(=O)N(C)C1CCN(c2ncnc3[nH]ccc23)C1. The third kappa shape index (κ3) is 3.07. The highest BCUT2D eigenvalue weighted by Gasteiger charge is 2.37. The molecule has 2 aromatic rings. The summed E-state index contributed by atoms with van der Waals surface area (Å²) < 4.78 is 0. The lowest BCUT2D eigenvalue weighted by Crippen LogP contribution is -2.49. The molecule has 2 amide bonds. The maximum Gasteiger partial charge on any atom is 0.320 e.